The van der Waals surface area contributed by atoms with E-state index in [-0.39, 0.29) is 6.03 Å². The van der Waals surface area contributed by atoms with Crippen molar-refractivity contribution < 1.29 is 14.3 Å². The summed E-state index contributed by atoms with van der Waals surface area (Å²) in [7, 11) is 1.84. The molecule has 1 saturated heterocycles. The number of ether oxygens (including phenoxy) is 2. The van der Waals surface area contributed by atoms with Gasteiger partial charge in [-0.15, -0.1) is 0 Å². The molecule has 1 unspecified atom stereocenters. The zero-order chi connectivity index (χ0) is 15.4. The maximum absolute atomic E-state index is 12.3. The van der Waals surface area contributed by atoms with Crippen LogP contribution in [0.1, 0.15) is 24.8 Å². The van der Waals surface area contributed by atoms with E-state index in [4.69, 9.17) is 9.47 Å². The van der Waals surface area contributed by atoms with Crippen LogP contribution >= 0.6 is 0 Å². The van der Waals surface area contributed by atoms with E-state index in [1.54, 1.807) is 4.90 Å². The van der Waals surface area contributed by atoms with E-state index in [9.17, 15) is 4.79 Å². The summed E-state index contributed by atoms with van der Waals surface area (Å²) < 4.78 is 11.1. The second kappa shape index (κ2) is 7.01. The molecule has 120 valence electrons. The van der Waals surface area contributed by atoms with Crippen LogP contribution in [0.5, 0.6) is 5.75 Å². The van der Waals surface area contributed by atoms with Crippen molar-refractivity contribution >= 4 is 11.7 Å². The first kappa shape index (κ1) is 15.2. The third-order valence-electron chi connectivity index (χ3n) is 4.29. The third kappa shape index (κ3) is 3.71. The summed E-state index contributed by atoms with van der Waals surface area (Å²) in [5.74, 6) is 1.39. The lowest BCUT2D eigenvalue weighted by atomic mass is 10.0. The van der Waals surface area contributed by atoms with E-state index in [1.807, 2.05) is 25.2 Å². The number of urea groups is 1. The highest BCUT2D eigenvalue weighted by Gasteiger charge is 2.19. The number of amides is 2. The Morgan fingerprint density at radius 2 is 2.27 bits per heavy atom. The molecular formula is C17H24N2O3. The molecule has 1 aromatic rings. The lowest BCUT2D eigenvalue weighted by molar-refractivity contribution is 0.0464. The molecule has 0 aromatic heterocycles. The number of hydrogen-bond donors (Lipinski definition) is 1. The molecule has 0 radical (unpaired) electrons. The van der Waals surface area contributed by atoms with Gasteiger partial charge in [0.2, 0.25) is 0 Å². The van der Waals surface area contributed by atoms with Gasteiger partial charge in [0.25, 0.3) is 0 Å². The minimum Gasteiger partial charge on any atom is -0.493 e. The Morgan fingerprint density at radius 3 is 3.09 bits per heavy atom. The second-order valence-corrected chi connectivity index (χ2v) is 6.17. The SMILES string of the molecule is CN(CC1CCCOC1)C(=O)Nc1ccc2c(c1)CCCO2. The Bertz CT molecular complexity index is 527. The number of nitrogens with zero attached hydrogens (tertiary/aromatic N) is 1. The van der Waals surface area contributed by atoms with Crippen LogP contribution in [0.4, 0.5) is 10.5 Å². The second-order valence-electron chi connectivity index (χ2n) is 6.17. The fraction of sp³-hybridized carbons (Fsp3) is 0.588. The van der Waals surface area contributed by atoms with E-state index >= 15 is 0 Å². The summed E-state index contributed by atoms with van der Waals surface area (Å²) >= 11 is 0. The highest BCUT2D eigenvalue weighted by molar-refractivity contribution is 5.89. The van der Waals surface area contributed by atoms with Gasteiger partial charge in [-0.3, -0.25) is 0 Å². The van der Waals surface area contributed by atoms with Crippen LogP contribution in [0, 0.1) is 5.92 Å². The molecule has 1 N–H and O–H groups in total. The lowest BCUT2D eigenvalue weighted by Crippen LogP contribution is -2.37. The van der Waals surface area contributed by atoms with Gasteiger partial charge < -0.3 is 19.7 Å². The van der Waals surface area contributed by atoms with E-state index in [2.05, 4.69) is 5.32 Å². The molecule has 5 nitrogen and oxygen atoms in total. The van der Waals surface area contributed by atoms with Crippen molar-refractivity contribution in [3.05, 3.63) is 23.8 Å². The maximum atomic E-state index is 12.3. The Balaban J connectivity index is 1.56. The summed E-state index contributed by atoms with van der Waals surface area (Å²) in [5.41, 5.74) is 2.01. The lowest BCUT2D eigenvalue weighted by Gasteiger charge is -2.27. The number of rotatable bonds is 3. The number of fused-ring (bicyclic) bond motifs is 1. The maximum Gasteiger partial charge on any atom is 0.321 e. The van der Waals surface area contributed by atoms with Crippen molar-refractivity contribution in [3.8, 4) is 5.75 Å². The molecule has 0 saturated carbocycles. The van der Waals surface area contributed by atoms with E-state index < -0.39 is 0 Å². The first-order valence-electron chi connectivity index (χ1n) is 8.08. The third-order valence-corrected chi connectivity index (χ3v) is 4.29. The van der Waals surface area contributed by atoms with Crippen LogP contribution in [0.15, 0.2) is 18.2 Å². The topological polar surface area (TPSA) is 50.8 Å². The number of carbonyl (C=O) groups excluding carboxylic acids is 1. The summed E-state index contributed by atoms with van der Waals surface area (Å²) in [6, 6.07) is 5.80. The molecule has 3 rings (SSSR count). The number of hydrogen-bond acceptors (Lipinski definition) is 3. The van der Waals surface area contributed by atoms with Gasteiger partial charge in [-0.2, -0.15) is 0 Å². The standard InChI is InChI=1S/C17H24N2O3/c1-19(11-13-4-2-8-21-12-13)17(20)18-15-6-7-16-14(10-15)5-3-9-22-16/h6-7,10,13H,2-5,8-9,11-12H2,1H3,(H,18,20). The Labute approximate surface area is 131 Å². The number of anilines is 1. The number of nitrogens with one attached hydrogen (secondary N) is 1. The molecule has 2 aliphatic rings. The Kier molecular flexibility index (Phi) is 4.83. The van der Waals surface area contributed by atoms with E-state index in [0.717, 1.165) is 63.5 Å². The highest BCUT2D eigenvalue weighted by Crippen LogP contribution is 2.27. The average molecular weight is 304 g/mol. The summed E-state index contributed by atoms with van der Waals surface area (Å²) in [6.45, 7) is 3.13. The number of aryl methyl sites for hydroxylation is 1. The molecule has 2 heterocycles. The normalized spacial score (nSPS) is 20.7. The van der Waals surface area contributed by atoms with Crippen LogP contribution in [0.25, 0.3) is 0 Å². The molecule has 0 bridgehead atoms. The number of benzene rings is 1. The largest absolute Gasteiger partial charge is 0.493 e. The van der Waals surface area contributed by atoms with E-state index in [1.165, 1.54) is 5.56 Å². The minimum absolute atomic E-state index is 0.0674. The monoisotopic (exact) mass is 304 g/mol. The molecule has 1 fully saturated rings. The van der Waals surface area contributed by atoms with Crippen molar-refractivity contribution in [3.63, 3.8) is 0 Å². The summed E-state index contributed by atoms with van der Waals surface area (Å²) in [5, 5.41) is 2.97. The van der Waals surface area contributed by atoms with Crippen LogP contribution in [0.2, 0.25) is 0 Å². The zero-order valence-electron chi connectivity index (χ0n) is 13.1. The van der Waals surface area contributed by atoms with Crippen LogP contribution in [-0.2, 0) is 11.2 Å². The molecule has 22 heavy (non-hydrogen) atoms. The molecule has 1 aromatic carbocycles. The molecule has 0 spiro atoms. The Morgan fingerprint density at radius 1 is 1.36 bits per heavy atom. The van der Waals surface area contributed by atoms with Gasteiger partial charge in [0, 0.05) is 31.8 Å². The van der Waals surface area contributed by atoms with Gasteiger partial charge in [0.15, 0.2) is 0 Å². The molecule has 5 heteroatoms. The fourth-order valence-electron chi connectivity index (χ4n) is 3.08. The molecule has 2 aliphatic heterocycles. The van der Waals surface area contributed by atoms with Gasteiger partial charge in [-0.25, -0.2) is 4.79 Å². The van der Waals surface area contributed by atoms with E-state index in [0.29, 0.717) is 5.92 Å². The number of carbonyl (C=O) groups is 1. The smallest absolute Gasteiger partial charge is 0.321 e. The molecule has 2 amide bonds. The van der Waals surface area contributed by atoms with Gasteiger partial charge >= 0.3 is 6.03 Å². The van der Waals surface area contributed by atoms with Crippen molar-refractivity contribution in [2.45, 2.75) is 25.7 Å². The molecule has 0 aliphatic carbocycles. The highest BCUT2D eigenvalue weighted by atomic mass is 16.5. The predicted octanol–water partition coefficient (Wildman–Crippen LogP) is 2.90. The predicted molar refractivity (Wildman–Crippen MR) is 85.4 cm³/mol. The summed E-state index contributed by atoms with van der Waals surface area (Å²) in [4.78, 5) is 14.0. The first-order valence-corrected chi connectivity index (χ1v) is 8.08. The summed E-state index contributed by atoms with van der Waals surface area (Å²) in [6.07, 6.45) is 4.26. The minimum atomic E-state index is -0.0674. The first-order chi connectivity index (χ1) is 10.7. The van der Waals surface area contributed by atoms with Gasteiger partial charge in [0.05, 0.1) is 13.2 Å². The van der Waals surface area contributed by atoms with Gasteiger partial charge in [-0.05, 0) is 49.4 Å². The average Bonchev–Trinajstić information content (AvgIpc) is 2.55. The van der Waals surface area contributed by atoms with Crippen molar-refractivity contribution in [2.75, 3.05) is 38.7 Å². The van der Waals surface area contributed by atoms with Crippen molar-refractivity contribution in [1.82, 2.24) is 4.90 Å². The molecule has 1 atom stereocenters. The van der Waals surface area contributed by atoms with Crippen molar-refractivity contribution in [2.24, 2.45) is 5.92 Å². The van der Waals surface area contributed by atoms with Gasteiger partial charge in [-0.1, -0.05) is 0 Å². The van der Waals surface area contributed by atoms with Crippen LogP contribution in [-0.4, -0.2) is 44.3 Å². The quantitative estimate of drug-likeness (QED) is 0.934. The van der Waals surface area contributed by atoms with Crippen LogP contribution < -0.4 is 10.1 Å². The Hall–Kier alpha value is -1.75. The zero-order valence-corrected chi connectivity index (χ0v) is 13.1. The fourth-order valence-corrected chi connectivity index (χ4v) is 3.08. The van der Waals surface area contributed by atoms with Crippen LogP contribution in [0.3, 0.4) is 0 Å². The van der Waals surface area contributed by atoms with Gasteiger partial charge in [0.1, 0.15) is 5.75 Å². The molecular weight excluding hydrogens is 280 g/mol. The van der Waals surface area contributed by atoms with Crippen molar-refractivity contribution in [1.29, 1.82) is 0 Å².